The van der Waals surface area contributed by atoms with Gasteiger partial charge in [0.05, 0.1) is 5.69 Å². The van der Waals surface area contributed by atoms with Gasteiger partial charge in [0.2, 0.25) is 0 Å². The zero-order chi connectivity index (χ0) is 19.3. The number of anilines is 1. The zero-order valence-corrected chi connectivity index (χ0v) is 15.0. The number of halogens is 1. The minimum atomic E-state index is -0.269. The summed E-state index contributed by atoms with van der Waals surface area (Å²) >= 11 is 0. The second-order valence-electron chi connectivity index (χ2n) is 6.29. The minimum absolute atomic E-state index is 0.269. The lowest BCUT2D eigenvalue weighted by Gasteiger charge is -2.08. The van der Waals surface area contributed by atoms with Gasteiger partial charge in [-0.15, -0.1) is 0 Å². The van der Waals surface area contributed by atoms with Gasteiger partial charge in [-0.25, -0.2) is 9.37 Å². The smallest absolute Gasteiger partial charge is 0.132 e. The normalized spacial score (nSPS) is 10.8. The second kappa shape index (κ2) is 7.87. The molecule has 0 fully saturated rings. The Labute approximate surface area is 161 Å². The number of aromatic amines is 1. The van der Waals surface area contributed by atoms with Gasteiger partial charge < -0.3 is 10.5 Å². The van der Waals surface area contributed by atoms with Crippen LogP contribution in [0.4, 0.5) is 10.2 Å². The highest BCUT2D eigenvalue weighted by Crippen LogP contribution is 2.26. The van der Waals surface area contributed by atoms with Crippen LogP contribution in [0.5, 0.6) is 5.75 Å². The van der Waals surface area contributed by atoms with E-state index in [4.69, 9.17) is 10.5 Å². The van der Waals surface area contributed by atoms with Gasteiger partial charge in [0.15, 0.2) is 0 Å². The van der Waals surface area contributed by atoms with Crippen LogP contribution in [0.3, 0.4) is 0 Å². The molecule has 4 aromatic rings. The van der Waals surface area contributed by atoms with E-state index in [0.29, 0.717) is 30.3 Å². The first-order chi connectivity index (χ1) is 13.7. The Morgan fingerprint density at radius 2 is 1.82 bits per heavy atom. The lowest BCUT2D eigenvalue weighted by molar-refractivity contribution is 0.305. The number of nitrogen functional groups attached to an aromatic ring is 1. The van der Waals surface area contributed by atoms with Crippen molar-refractivity contribution >= 4 is 5.82 Å². The van der Waals surface area contributed by atoms with Crippen LogP contribution in [0.15, 0.2) is 66.9 Å². The molecular weight excluding hydrogens is 357 g/mol. The lowest BCUT2D eigenvalue weighted by Crippen LogP contribution is -1.98. The van der Waals surface area contributed by atoms with Gasteiger partial charge in [0.1, 0.15) is 29.7 Å². The molecule has 4 rings (SSSR count). The van der Waals surface area contributed by atoms with Crippen molar-refractivity contribution in [2.24, 2.45) is 0 Å². The van der Waals surface area contributed by atoms with Gasteiger partial charge in [-0.2, -0.15) is 15.4 Å². The van der Waals surface area contributed by atoms with Gasteiger partial charge in [-0.3, -0.25) is 0 Å². The highest BCUT2D eigenvalue weighted by atomic mass is 19.1. The maximum atomic E-state index is 13.2. The molecule has 0 saturated carbocycles. The molecule has 0 amide bonds. The number of nitrogens with zero attached hydrogens (tertiary/aromatic N) is 3. The van der Waals surface area contributed by atoms with Crippen molar-refractivity contribution in [2.75, 3.05) is 5.73 Å². The molecule has 7 heteroatoms. The molecule has 0 atom stereocenters. The summed E-state index contributed by atoms with van der Waals surface area (Å²) in [6.07, 6.45) is 2.23. The third-order valence-corrected chi connectivity index (χ3v) is 4.30. The SMILES string of the molecule is Nc1ncccc1-c1n[nH]nc1Cc1ccc(OCc2cccc(F)c2)cc1. The van der Waals surface area contributed by atoms with Crippen LogP contribution in [0.25, 0.3) is 11.3 Å². The van der Waals surface area contributed by atoms with Gasteiger partial charge in [-0.1, -0.05) is 24.3 Å². The molecule has 2 aromatic heterocycles. The monoisotopic (exact) mass is 375 g/mol. The van der Waals surface area contributed by atoms with Crippen LogP contribution in [-0.2, 0) is 13.0 Å². The summed E-state index contributed by atoms with van der Waals surface area (Å²) in [5, 5.41) is 11.1. The second-order valence-corrected chi connectivity index (χ2v) is 6.29. The van der Waals surface area contributed by atoms with E-state index in [1.807, 2.05) is 42.5 Å². The fraction of sp³-hybridized carbons (Fsp3) is 0.0952. The van der Waals surface area contributed by atoms with Gasteiger partial charge >= 0.3 is 0 Å². The number of ether oxygens (including phenoxy) is 1. The van der Waals surface area contributed by atoms with Crippen LogP contribution < -0.4 is 10.5 Å². The molecule has 0 aliphatic heterocycles. The fourth-order valence-corrected chi connectivity index (χ4v) is 2.90. The number of hydrogen-bond donors (Lipinski definition) is 2. The Morgan fingerprint density at radius 1 is 0.964 bits per heavy atom. The molecule has 0 spiro atoms. The minimum Gasteiger partial charge on any atom is -0.489 e. The summed E-state index contributed by atoms with van der Waals surface area (Å²) in [7, 11) is 0. The van der Waals surface area contributed by atoms with E-state index in [2.05, 4.69) is 20.4 Å². The highest BCUT2D eigenvalue weighted by Gasteiger charge is 2.14. The van der Waals surface area contributed by atoms with E-state index in [1.54, 1.807) is 12.3 Å². The van der Waals surface area contributed by atoms with Crippen LogP contribution >= 0.6 is 0 Å². The van der Waals surface area contributed by atoms with Crippen LogP contribution in [0, 0.1) is 5.82 Å². The molecule has 0 aliphatic carbocycles. The largest absolute Gasteiger partial charge is 0.489 e. The van der Waals surface area contributed by atoms with E-state index in [9.17, 15) is 4.39 Å². The van der Waals surface area contributed by atoms with Crippen LogP contribution in [-0.4, -0.2) is 20.4 Å². The van der Waals surface area contributed by atoms with Crippen LogP contribution in [0.1, 0.15) is 16.8 Å². The summed E-state index contributed by atoms with van der Waals surface area (Å²) in [5.41, 5.74) is 10.0. The summed E-state index contributed by atoms with van der Waals surface area (Å²) in [4.78, 5) is 4.10. The Morgan fingerprint density at radius 3 is 2.61 bits per heavy atom. The first-order valence-corrected chi connectivity index (χ1v) is 8.76. The Kier molecular flexibility index (Phi) is 4.97. The predicted molar refractivity (Wildman–Crippen MR) is 104 cm³/mol. The zero-order valence-electron chi connectivity index (χ0n) is 15.0. The average molecular weight is 375 g/mol. The molecular formula is C21H18FN5O. The molecule has 2 heterocycles. The van der Waals surface area contributed by atoms with E-state index >= 15 is 0 Å². The maximum absolute atomic E-state index is 13.2. The number of aromatic nitrogens is 4. The summed E-state index contributed by atoms with van der Waals surface area (Å²) in [5.74, 6) is 0.859. The van der Waals surface area contributed by atoms with Crippen molar-refractivity contribution in [2.45, 2.75) is 13.0 Å². The van der Waals surface area contributed by atoms with Crippen molar-refractivity contribution in [1.29, 1.82) is 0 Å². The Balaban J connectivity index is 1.44. The highest BCUT2D eigenvalue weighted by molar-refractivity contribution is 5.72. The number of nitrogens with two attached hydrogens (primary N) is 1. The number of benzene rings is 2. The molecule has 6 nitrogen and oxygen atoms in total. The van der Waals surface area contributed by atoms with Gasteiger partial charge in [0, 0.05) is 18.2 Å². The first-order valence-electron chi connectivity index (χ1n) is 8.76. The average Bonchev–Trinajstić information content (AvgIpc) is 3.16. The van der Waals surface area contributed by atoms with E-state index in [0.717, 1.165) is 22.4 Å². The van der Waals surface area contributed by atoms with Crippen molar-refractivity contribution in [3.05, 3.63) is 89.5 Å². The number of hydrogen-bond acceptors (Lipinski definition) is 5. The number of pyridine rings is 1. The molecule has 0 bridgehead atoms. The molecule has 0 unspecified atom stereocenters. The first kappa shape index (κ1) is 17.7. The van der Waals surface area contributed by atoms with E-state index in [-0.39, 0.29) is 5.82 Å². The third kappa shape index (κ3) is 3.98. The van der Waals surface area contributed by atoms with E-state index < -0.39 is 0 Å². The predicted octanol–water partition coefficient (Wildman–Crippen LogP) is 3.76. The molecule has 0 saturated heterocycles. The van der Waals surface area contributed by atoms with Gasteiger partial charge in [0.25, 0.3) is 0 Å². The molecule has 28 heavy (non-hydrogen) atoms. The maximum Gasteiger partial charge on any atom is 0.132 e. The van der Waals surface area contributed by atoms with E-state index in [1.165, 1.54) is 12.1 Å². The Hall–Kier alpha value is -3.74. The van der Waals surface area contributed by atoms with Gasteiger partial charge in [-0.05, 0) is 47.5 Å². The molecule has 0 aliphatic rings. The number of H-pyrrole nitrogens is 1. The van der Waals surface area contributed by atoms with Crippen molar-refractivity contribution in [3.8, 4) is 17.0 Å². The number of rotatable bonds is 6. The van der Waals surface area contributed by atoms with Crippen molar-refractivity contribution in [3.63, 3.8) is 0 Å². The lowest BCUT2D eigenvalue weighted by atomic mass is 10.0. The molecule has 0 radical (unpaired) electrons. The van der Waals surface area contributed by atoms with Crippen LogP contribution in [0.2, 0.25) is 0 Å². The molecule has 3 N–H and O–H groups in total. The summed E-state index contributed by atoms with van der Waals surface area (Å²) in [6, 6.07) is 17.7. The Bertz CT molecular complexity index is 1080. The topological polar surface area (TPSA) is 89.7 Å². The third-order valence-electron chi connectivity index (χ3n) is 4.30. The van der Waals surface area contributed by atoms with Crippen molar-refractivity contribution < 1.29 is 9.13 Å². The number of nitrogens with one attached hydrogen (secondary N) is 1. The van der Waals surface area contributed by atoms with Crippen molar-refractivity contribution in [1.82, 2.24) is 20.4 Å². The summed E-state index contributed by atoms with van der Waals surface area (Å²) < 4.78 is 18.9. The molecule has 2 aromatic carbocycles. The fourth-order valence-electron chi connectivity index (χ4n) is 2.90. The molecule has 140 valence electrons. The summed E-state index contributed by atoms with van der Waals surface area (Å²) in [6.45, 7) is 0.310. The standard InChI is InChI=1S/C21H18FN5O/c22-16-4-1-3-15(11-16)13-28-17-8-6-14(7-9-17)12-19-20(26-27-25-19)18-5-2-10-24-21(18)23/h1-11H,12-13H2,(H2,23,24)(H,25,26,27). The quantitative estimate of drug-likeness (QED) is 0.536.